The van der Waals surface area contributed by atoms with Crippen molar-refractivity contribution in [3.63, 3.8) is 0 Å². The molecule has 0 amide bonds. The van der Waals surface area contributed by atoms with Gasteiger partial charge in [0.2, 0.25) is 5.82 Å². The molecule has 9 heteroatoms. The Bertz CT molecular complexity index is 1170. The average Bonchev–Trinajstić information content (AvgIpc) is 3.41. The number of rotatable bonds is 5. The minimum atomic E-state index is -0.281. The van der Waals surface area contributed by atoms with Gasteiger partial charge in [-0.25, -0.2) is 9.07 Å². The van der Waals surface area contributed by atoms with Gasteiger partial charge < -0.3 is 14.0 Å². The molecule has 1 aliphatic rings. The van der Waals surface area contributed by atoms with E-state index in [-0.39, 0.29) is 24.4 Å². The molecule has 3 heterocycles. The molecule has 0 bridgehead atoms. The average molecular weight is 407 g/mol. The molecule has 0 unspecified atom stereocenters. The molecule has 0 saturated carbocycles. The summed E-state index contributed by atoms with van der Waals surface area (Å²) in [6.07, 6.45) is -0.232. The van der Waals surface area contributed by atoms with Crippen LogP contribution in [0, 0.1) is 5.82 Å². The minimum absolute atomic E-state index is 0.232. The van der Waals surface area contributed by atoms with E-state index in [1.54, 1.807) is 16.8 Å². The van der Waals surface area contributed by atoms with E-state index in [1.165, 1.54) is 12.1 Å². The maximum absolute atomic E-state index is 13.2. The summed E-state index contributed by atoms with van der Waals surface area (Å²) >= 11 is 0. The van der Waals surface area contributed by atoms with Gasteiger partial charge in [0.05, 0.1) is 31.0 Å². The molecule has 2 aromatic heterocycles. The Morgan fingerprint density at radius 1 is 1.17 bits per heavy atom. The number of nitrogens with zero attached hydrogens (tertiary/aromatic N) is 5. The van der Waals surface area contributed by atoms with Crippen LogP contribution in [0.5, 0.6) is 5.75 Å². The zero-order valence-corrected chi connectivity index (χ0v) is 16.2. The first-order valence-electron chi connectivity index (χ1n) is 9.58. The zero-order valence-electron chi connectivity index (χ0n) is 16.2. The second-order valence-electron chi connectivity index (χ2n) is 6.77. The normalized spacial score (nSPS) is 15.7. The van der Waals surface area contributed by atoms with Gasteiger partial charge in [0.1, 0.15) is 17.7 Å². The van der Waals surface area contributed by atoms with E-state index >= 15 is 0 Å². The van der Waals surface area contributed by atoms with Crippen LogP contribution in [0.15, 0.2) is 53.1 Å². The predicted molar refractivity (Wildman–Crippen MR) is 104 cm³/mol. The van der Waals surface area contributed by atoms with Crippen LogP contribution < -0.4 is 4.74 Å². The summed E-state index contributed by atoms with van der Waals surface area (Å²) in [6.45, 7) is 3.19. The number of para-hydroxylation sites is 1. The molecule has 5 rings (SSSR count). The van der Waals surface area contributed by atoms with E-state index in [2.05, 4.69) is 20.5 Å². The van der Waals surface area contributed by atoms with Crippen LogP contribution in [-0.2, 0) is 17.9 Å². The molecule has 0 saturated heterocycles. The monoisotopic (exact) mass is 407 g/mol. The number of ether oxygens (including phenoxy) is 2. The van der Waals surface area contributed by atoms with Crippen LogP contribution in [0.1, 0.15) is 24.3 Å². The molecule has 0 spiro atoms. The first-order valence-corrected chi connectivity index (χ1v) is 9.58. The fourth-order valence-corrected chi connectivity index (χ4v) is 3.42. The van der Waals surface area contributed by atoms with Gasteiger partial charge in [-0.3, -0.25) is 0 Å². The summed E-state index contributed by atoms with van der Waals surface area (Å²) in [5, 5.41) is 12.5. The van der Waals surface area contributed by atoms with Gasteiger partial charge in [-0.2, -0.15) is 4.98 Å². The van der Waals surface area contributed by atoms with Crippen LogP contribution in [0.4, 0.5) is 4.39 Å². The largest absolute Gasteiger partial charge is 0.493 e. The molecule has 0 N–H and O–H groups in total. The van der Waals surface area contributed by atoms with E-state index in [0.29, 0.717) is 30.4 Å². The van der Waals surface area contributed by atoms with Crippen molar-refractivity contribution in [1.29, 1.82) is 0 Å². The second kappa shape index (κ2) is 7.68. The highest BCUT2D eigenvalue weighted by atomic mass is 19.1. The molecule has 0 fully saturated rings. The van der Waals surface area contributed by atoms with Crippen molar-refractivity contribution in [3.8, 4) is 28.7 Å². The number of aromatic nitrogens is 5. The summed E-state index contributed by atoms with van der Waals surface area (Å²) < 4.78 is 32.0. The van der Waals surface area contributed by atoms with Gasteiger partial charge in [0, 0.05) is 0 Å². The summed E-state index contributed by atoms with van der Waals surface area (Å²) in [6, 6.07) is 13.8. The van der Waals surface area contributed by atoms with Crippen molar-refractivity contribution >= 4 is 0 Å². The molecule has 1 aliphatic heterocycles. The van der Waals surface area contributed by atoms with Gasteiger partial charge >= 0.3 is 0 Å². The van der Waals surface area contributed by atoms with Crippen molar-refractivity contribution < 1.29 is 18.4 Å². The first kappa shape index (κ1) is 18.4. The van der Waals surface area contributed by atoms with Gasteiger partial charge in [-0.15, -0.1) is 5.10 Å². The topological polar surface area (TPSA) is 88.1 Å². The molecule has 2 aromatic carbocycles. The fraction of sp³-hybridized carbons (Fsp3) is 0.238. The van der Waals surface area contributed by atoms with Crippen LogP contribution in [-0.4, -0.2) is 31.7 Å². The maximum Gasteiger partial charge on any atom is 0.280 e. The summed E-state index contributed by atoms with van der Waals surface area (Å²) in [4.78, 5) is 4.49. The Morgan fingerprint density at radius 2 is 2.00 bits per heavy atom. The molecule has 8 nitrogen and oxygen atoms in total. The lowest BCUT2D eigenvalue weighted by Gasteiger charge is -2.24. The Kier molecular flexibility index (Phi) is 4.72. The number of hydrogen-bond acceptors (Lipinski definition) is 7. The lowest BCUT2D eigenvalue weighted by molar-refractivity contribution is -0.00120. The summed E-state index contributed by atoms with van der Waals surface area (Å²) in [7, 11) is 0. The van der Waals surface area contributed by atoms with E-state index in [0.717, 1.165) is 16.8 Å². The third kappa shape index (κ3) is 3.33. The molecule has 4 aromatic rings. The van der Waals surface area contributed by atoms with Crippen molar-refractivity contribution in [1.82, 2.24) is 25.1 Å². The minimum Gasteiger partial charge on any atom is -0.493 e. The number of halogens is 1. The Hall–Kier alpha value is -3.59. The Morgan fingerprint density at radius 3 is 2.83 bits per heavy atom. The number of hydrogen-bond donors (Lipinski definition) is 0. The zero-order chi connectivity index (χ0) is 20.5. The molecule has 1 atom stereocenters. The summed E-state index contributed by atoms with van der Waals surface area (Å²) in [5.74, 6) is 1.08. The predicted octanol–water partition coefficient (Wildman–Crippen LogP) is 3.80. The van der Waals surface area contributed by atoms with Gasteiger partial charge in [0.15, 0.2) is 5.69 Å². The summed E-state index contributed by atoms with van der Waals surface area (Å²) in [5.41, 5.74) is 2.86. The van der Waals surface area contributed by atoms with E-state index < -0.39 is 0 Å². The highest BCUT2D eigenvalue weighted by Gasteiger charge is 2.28. The number of benzene rings is 2. The smallest absolute Gasteiger partial charge is 0.280 e. The molecule has 30 heavy (non-hydrogen) atoms. The van der Waals surface area contributed by atoms with Crippen LogP contribution in [0.2, 0.25) is 0 Å². The second-order valence-corrected chi connectivity index (χ2v) is 6.77. The van der Waals surface area contributed by atoms with Crippen molar-refractivity contribution in [3.05, 3.63) is 65.6 Å². The fourth-order valence-electron chi connectivity index (χ4n) is 3.42. The van der Waals surface area contributed by atoms with Crippen molar-refractivity contribution in [2.75, 3.05) is 6.61 Å². The number of fused-ring (bicyclic) bond motifs is 1. The van der Waals surface area contributed by atoms with Gasteiger partial charge in [0.25, 0.3) is 5.89 Å². The van der Waals surface area contributed by atoms with Gasteiger partial charge in [-0.1, -0.05) is 34.6 Å². The third-order valence-electron chi connectivity index (χ3n) is 4.90. The lowest BCUT2D eigenvalue weighted by atomic mass is 10.1. The first-order chi connectivity index (χ1) is 14.7. The van der Waals surface area contributed by atoms with Crippen molar-refractivity contribution in [2.24, 2.45) is 0 Å². The highest BCUT2D eigenvalue weighted by molar-refractivity contribution is 5.65. The van der Waals surface area contributed by atoms with E-state index in [1.807, 2.05) is 31.2 Å². The standard InChI is InChI=1S/C21H18FN5O3/c1-2-28-17-6-4-3-5-15(17)20-23-21(30-25-20)19-16-12-29-18(11-27(16)26-24-19)13-7-9-14(22)10-8-13/h3-10,18H,2,11-12H2,1H3/t18-/m1/s1. The molecular weight excluding hydrogens is 389 g/mol. The van der Waals surface area contributed by atoms with Gasteiger partial charge in [-0.05, 0) is 36.8 Å². The highest BCUT2D eigenvalue weighted by Crippen LogP contribution is 2.32. The van der Waals surface area contributed by atoms with E-state index in [9.17, 15) is 4.39 Å². The van der Waals surface area contributed by atoms with E-state index in [4.69, 9.17) is 14.0 Å². The third-order valence-corrected chi connectivity index (χ3v) is 4.90. The molecule has 152 valence electrons. The molecular formula is C21H18FN5O3. The Labute approximate surface area is 171 Å². The van der Waals surface area contributed by atoms with Crippen LogP contribution in [0.25, 0.3) is 23.0 Å². The maximum atomic E-state index is 13.2. The molecule has 0 aliphatic carbocycles. The Balaban J connectivity index is 1.41. The quantitative estimate of drug-likeness (QED) is 0.497. The van der Waals surface area contributed by atoms with Crippen LogP contribution >= 0.6 is 0 Å². The van der Waals surface area contributed by atoms with Crippen molar-refractivity contribution in [2.45, 2.75) is 26.2 Å². The van der Waals surface area contributed by atoms with Crippen LogP contribution in [0.3, 0.4) is 0 Å². The lowest BCUT2D eigenvalue weighted by Crippen LogP contribution is -2.22. The molecule has 0 radical (unpaired) electrons. The SMILES string of the molecule is CCOc1ccccc1-c1noc(-c2nnn3c2CO[C@@H](c2ccc(F)cc2)C3)n1.